The van der Waals surface area contributed by atoms with Crippen molar-refractivity contribution in [3.8, 4) is 5.75 Å². The number of amides is 1. The van der Waals surface area contributed by atoms with E-state index in [1.807, 2.05) is 57.8 Å². The van der Waals surface area contributed by atoms with E-state index in [-0.39, 0.29) is 36.0 Å². The van der Waals surface area contributed by atoms with Crippen LogP contribution in [0.5, 0.6) is 5.75 Å². The van der Waals surface area contributed by atoms with Gasteiger partial charge in [-0.25, -0.2) is 0 Å². The topological polar surface area (TPSA) is 94.4 Å². The van der Waals surface area contributed by atoms with Crippen molar-refractivity contribution in [2.75, 3.05) is 11.4 Å². The second-order valence-corrected chi connectivity index (χ2v) is 9.55. The molecule has 3 aromatic rings. The van der Waals surface area contributed by atoms with E-state index in [1.165, 1.54) is 11.0 Å². The molecule has 1 aliphatic heterocycles. The van der Waals surface area contributed by atoms with Crippen LogP contribution in [0.4, 0.5) is 5.69 Å². The Morgan fingerprint density at radius 3 is 2.29 bits per heavy atom. The first-order valence-corrected chi connectivity index (χ1v) is 13.2. The number of carbonyl (C=O) groups is 3. The Morgan fingerprint density at radius 1 is 0.905 bits per heavy atom. The molecule has 2 heterocycles. The molecule has 210 valence electrons. The summed E-state index contributed by atoms with van der Waals surface area (Å²) in [4.78, 5) is 38.3. The molecular formula is C32H25ClFeN4O4+2. The van der Waals surface area contributed by atoms with Gasteiger partial charge in [0.2, 0.25) is 0 Å². The minimum Gasteiger partial charge on any atom is -0.487 e. The van der Waals surface area contributed by atoms with Crippen LogP contribution in [0.15, 0.2) is 60.8 Å². The molecule has 8 nitrogen and oxygen atoms in total. The maximum absolute atomic E-state index is 12.4. The number of aromatic nitrogens is 3. The summed E-state index contributed by atoms with van der Waals surface area (Å²) in [6, 6.07) is 11.7. The SMILES string of the molecule is O=C(/C=C/[C]1[CH][CH][CH][CH]1)c1ccc(OCc2cn(CCN3C(=O)C(=O)c4cc(Cl)ccc43)nn2)cc1.[CH]1[CH][CH][CH][CH]1.[Fe+2]. The Labute approximate surface area is 261 Å². The number of halogens is 1. The van der Waals surface area contributed by atoms with Gasteiger partial charge >= 0.3 is 17.1 Å². The number of fused-ring (bicyclic) bond motifs is 1. The molecule has 0 spiro atoms. The second-order valence-electron chi connectivity index (χ2n) is 9.11. The number of Topliss-reactive ketones (excluding diaryl/α,β-unsaturated/α-hetero) is 1. The molecule has 6 rings (SSSR count). The van der Waals surface area contributed by atoms with Gasteiger partial charge in [0.1, 0.15) is 18.1 Å². The van der Waals surface area contributed by atoms with Gasteiger partial charge in [-0.1, -0.05) is 22.9 Å². The van der Waals surface area contributed by atoms with E-state index < -0.39 is 11.7 Å². The van der Waals surface area contributed by atoms with Crippen LogP contribution in [-0.4, -0.2) is 39.0 Å². The predicted molar refractivity (Wildman–Crippen MR) is 154 cm³/mol. The quantitative estimate of drug-likeness (QED) is 0.146. The zero-order chi connectivity index (χ0) is 28.6. The Kier molecular flexibility index (Phi) is 11.5. The number of carbonyl (C=O) groups excluding carboxylic acids is 3. The van der Waals surface area contributed by atoms with Crippen molar-refractivity contribution in [3.63, 3.8) is 0 Å². The van der Waals surface area contributed by atoms with Crippen LogP contribution in [0.2, 0.25) is 5.02 Å². The van der Waals surface area contributed by atoms with E-state index in [0.29, 0.717) is 39.8 Å². The largest absolute Gasteiger partial charge is 2.00 e. The van der Waals surface area contributed by atoms with Crippen LogP contribution in [0, 0.1) is 63.7 Å². The number of ketones is 2. The van der Waals surface area contributed by atoms with Gasteiger partial charge in [-0.3, -0.25) is 19.1 Å². The molecule has 2 saturated carbocycles. The Morgan fingerprint density at radius 2 is 1.60 bits per heavy atom. The van der Waals surface area contributed by atoms with Crippen LogP contribution in [0.3, 0.4) is 0 Å². The summed E-state index contributed by atoms with van der Waals surface area (Å²) in [6.07, 6.45) is 22.7. The fourth-order valence-corrected chi connectivity index (χ4v) is 4.34. The van der Waals surface area contributed by atoms with E-state index >= 15 is 0 Å². The molecule has 2 aromatic carbocycles. The molecule has 10 heteroatoms. The predicted octanol–water partition coefficient (Wildman–Crippen LogP) is 4.90. The van der Waals surface area contributed by atoms with Crippen molar-refractivity contribution in [1.82, 2.24) is 15.0 Å². The minimum atomic E-state index is -0.584. The first kappa shape index (κ1) is 31.7. The number of benzene rings is 2. The maximum atomic E-state index is 12.4. The monoisotopic (exact) mass is 620 g/mol. The summed E-state index contributed by atoms with van der Waals surface area (Å²) in [5.74, 6) is 0.337. The number of hydrogen-bond donors (Lipinski definition) is 0. The molecule has 2 fully saturated rings. The smallest absolute Gasteiger partial charge is 0.487 e. The van der Waals surface area contributed by atoms with Crippen molar-refractivity contribution in [2.24, 2.45) is 0 Å². The fourth-order valence-electron chi connectivity index (χ4n) is 4.17. The average Bonchev–Trinajstić information content (AvgIpc) is 3.82. The number of allylic oxidation sites excluding steroid dienone is 2. The standard InChI is InChI=1S/C27H20ClN4O4.C5H5.Fe/c28-20-8-11-24-23(15-20)26(34)27(35)32(24)14-13-31-16-21(29-30-31)17-36-22-9-6-19(7-10-22)25(33)12-5-18-3-1-2-4-18;1-2-4-5-3-1;/h1-12,15-16H,13-14,17H2;1-5H;/q;;+2/b12-5+;;. The van der Waals surface area contributed by atoms with Crippen LogP contribution >= 0.6 is 11.6 Å². The Balaban J connectivity index is 0.000000612. The number of hydrogen-bond acceptors (Lipinski definition) is 6. The molecule has 0 unspecified atom stereocenters. The van der Waals surface area contributed by atoms with E-state index in [4.69, 9.17) is 16.3 Å². The van der Waals surface area contributed by atoms with Crippen LogP contribution in [-0.2, 0) is 35.0 Å². The van der Waals surface area contributed by atoms with Crippen LogP contribution in [0.1, 0.15) is 26.4 Å². The van der Waals surface area contributed by atoms with Crippen molar-refractivity contribution in [1.29, 1.82) is 0 Å². The van der Waals surface area contributed by atoms with Gasteiger partial charge in [0.25, 0.3) is 11.7 Å². The van der Waals surface area contributed by atoms with Gasteiger partial charge in [-0.15, -0.1) is 5.10 Å². The van der Waals surface area contributed by atoms with Gasteiger partial charge < -0.3 is 9.64 Å². The van der Waals surface area contributed by atoms with Crippen molar-refractivity contribution in [3.05, 3.63) is 146 Å². The maximum Gasteiger partial charge on any atom is 2.00 e. The van der Waals surface area contributed by atoms with E-state index in [1.54, 1.807) is 59.4 Å². The van der Waals surface area contributed by atoms with Crippen molar-refractivity contribution < 1.29 is 36.2 Å². The zero-order valence-electron chi connectivity index (χ0n) is 22.2. The summed E-state index contributed by atoms with van der Waals surface area (Å²) in [5, 5.41) is 8.58. The normalized spacial score (nSPS) is 16.4. The molecule has 0 bridgehead atoms. The summed E-state index contributed by atoms with van der Waals surface area (Å²) >= 11 is 5.95. The molecule has 2 aliphatic carbocycles. The summed E-state index contributed by atoms with van der Waals surface area (Å²) in [6.45, 7) is 0.800. The molecule has 0 atom stereocenters. The third kappa shape index (κ3) is 8.18. The molecular weight excluding hydrogens is 596 g/mol. The van der Waals surface area contributed by atoms with Gasteiger partial charge in [0.05, 0.1) is 24.0 Å². The number of anilines is 1. The molecule has 42 heavy (non-hydrogen) atoms. The molecule has 1 amide bonds. The van der Waals surface area contributed by atoms with Gasteiger partial charge in [0, 0.05) is 23.0 Å². The first-order chi connectivity index (χ1) is 20.0. The van der Waals surface area contributed by atoms with E-state index in [0.717, 1.165) is 5.92 Å². The second kappa shape index (κ2) is 15.3. The Hall–Kier alpha value is -3.26. The summed E-state index contributed by atoms with van der Waals surface area (Å²) in [5.41, 5.74) is 2.02. The number of rotatable bonds is 9. The number of nitrogens with zero attached hydrogens (tertiary/aromatic N) is 4. The number of ether oxygens (including phenoxy) is 1. The van der Waals surface area contributed by atoms with E-state index in [2.05, 4.69) is 10.3 Å². The van der Waals surface area contributed by atoms with Crippen LogP contribution < -0.4 is 9.64 Å². The zero-order valence-corrected chi connectivity index (χ0v) is 24.1. The summed E-state index contributed by atoms with van der Waals surface area (Å²) in [7, 11) is 0. The minimum absolute atomic E-state index is 0. The Bertz CT molecular complexity index is 1400. The molecule has 0 N–H and O–H groups in total. The van der Waals surface area contributed by atoms with E-state index in [9.17, 15) is 14.4 Å². The fraction of sp³-hybridized carbons (Fsp3) is 0.0938. The van der Waals surface area contributed by atoms with Crippen molar-refractivity contribution >= 4 is 34.8 Å². The molecule has 1 aromatic heterocycles. The van der Waals surface area contributed by atoms with Gasteiger partial charge in [-0.2, -0.15) is 0 Å². The third-order valence-electron chi connectivity index (χ3n) is 6.27. The third-order valence-corrected chi connectivity index (χ3v) is 6.50. The van der Waals surface area contributed by atoms with Crippen LogP contribution in [0.25, 0.3) is 0 Å². The van der Waals surface area contributed by atoms with Gasteiger partial charge in [0.15, 0.2) is 5.78 Å². The average molecular weight is 621 g/mol. The summed E-state index contributed by atoms with van der Waals surface area (Å²) < 4.78 is 7.35. The molecule has 0 saturated heterocycles. The van der Waals surface area contributed by atoms with Crippen molar-refractivity contribution in [2.45, 2.75) is 13.2 Å². The van der Waals surface area contributed by atoms with Gasteiger partial charge in [-0.05, 0) is 106 Å². The molecule has 10 radical (unpaired) electrons. The first-order valence-electron chi connectivity index (χ1n) is 12.9. The molecule has 3 aliphatic rings.